The van der Waals surface area contributed by atoms with Crippen molar-refractivity contribution in [2.75, 3.05) is 18.5 Å². The van der Waals surface area contributed by atoms with E-state index in [2.05, 4.69) is 5.32 Å². The maximum Gasteiger partial charge on any atom is 0.270 e. The molecule has 3 N–H and O–H groups in total. The van der Waals surface area contributed by atoms with Gasteiger partial charge in [0.05, 0.1) is 16.7 Å². The van der Waals surface area contributed by atoms with Crippen LogP contribution in [0.4, 0.5) is 11.4 Å². The summed E-state index contributed by atoms with van der Waals surface area (Å²) in [6.45, 7) is 5.94. The van der Waals surface area contributed by atoms with Gasteiger partial charge in [0.25, 0.3) is 5.69 Å². The van der Waals surface area contributed by atoms with E-state index < -0.39 is 29.0 Å². The molecule has 0 unspecified atom stereocenters. The van der Waals surface area contributed by atoms with Crippen molar-refractivity contribution in [2.45, 2.75) is 44.8 Å². The molecule has 0 saturated carbocycles. The predicted molar refractivity (Wildman–Crippen MR) is 110 cm³/mol. The number of nitro groups is 1. The summed E-state index contributed by atoms with van der Waals surface area (Å²) in [5, 5.41) is 35.9. The van der Waals surface area contributed by atoms with E-state index in [0.717, 1.165) is 0 Å². The molecule has 0 fully saturated rings. The summed E-state index contributed by atoms with van der Waals surface area (Å²) >= 11 is 0. The molecular formula is C21H26N2O7. The van der Waals surface area contributed by atoms with Crippen LogP contribution >= 0.6 is 0 Å². The zero-order chi connectivity index (χ0) is 21.9. The number of rotatable bonds is 8. The first-order valence-electron chi connectivity index (χ1n) is 9.75. The number of benzene rings is 2. The number of aliphatic hydroxyl groups is 1. The molecule has 9 heteroatoms. The van der Waals surface area contributed by atoms with Gasteiger partial charge in [-0.25, -0.2) is 0 Å². The monoisotopic (exact) mass is 418 g/mol. The van der Waals surface area contributed by atoms with Crippen molar-refractivity contribution in [3.63, 3.8) is 0 Å². The maximum absolute atomic E-state index is 11.3. The first-order valence-corrected chi connectivity index (χ1v) is 9.75. The normalized spacial score (nSPS) is 23.0. The number of hydrogen-bond donors (Lipinski definition) is 3. The number of nitrogens with one attached hydrogen (secondary N) is 1. The van der Waals surface area contributed by atoms with E-state index in [1.165, 1.54) is 24.3 Å². The van der Waals surface area contributed by atoms with Crippen LogP contribution in [0.25, 0.3) is 0 Å². The number of nitro benzene ring substituents is 1. The first kappa shape index (κ1) is 21.8. The Hall–Kier alpha value is -2.88. The van der Waals surface area contributed by atoms with Crippen LogP contribution in [0, 0.1) is 10.1 Å². The smallest absolute Gasteiger partial charge is 0.270 e. The topological polar surface area (TPSA) is 123 Å². The maximum atomic E-state index is 11.3. The number of fused-ring (bicyclic) bond motifs is 1. The summed E-state index contributed by atoms with van der Waals surface area (Å²) in [5.74, 6) is 0.335. The van der Waals surface area contributed by atoms with Crippen LogP contribution in [0.15, 0.2) is 42.5 Å². The molecule has 0 aromatic heterocycles. The van der Waals surface area contributed by atoms with E-state index in [9.17, 15) is 20.3 Å². The standard InChI is InChI=1S/C21H26N2O7/c1-4-28-20(29-5-2)21(3)19(25)18(22-15-8-6-7-9-16(15)24)14-12-13(23(26)27)10-11-17(14)30-21/h6-12,18-20,22,24-25H,4-5H2,1-3H3/t18-,19+,21-/m0/s1. The molecule has 0 aliphatic carbocycles. The van der Waals surface area contributed by atoms with Gasteiger partial charge in [-0.2, -0.15) is 0 Å². The Morgan fingerprint density at radius 3 is 2.50 bits per heavy atom. The molecular weight excluding hydrogens is 392 g/mol. The minimum Gasteiger partial charge on any atom is -0.506 e. The second-order valence-electron chi connectivity index (χ2n) is 7.09. The number of aromatic hydroxyl groups is 1. The molecule has 0 saturated heterocycles. The van der Waals surface area contributed by atoms with Gasteiger partial charge in [-0.05, 0) is 39.0 Å². The van der Waals surface area contributed by atoms with E-state index in [4.69, 9.17) is 14.2 Å². The molecule has 0 radical (unpaired) electrons. The van der Waals surface area contributed by atoms with Crippen LogP contribution in [0.1, 0.15) is 32.4 Å². The highest BCUT2D eigenvalue weighted by atomic mass is 16.7. The fourth-order valence-electron chi connectivity index (χ4n) is 3.57. The molecule has 3 rings (SSSR count). The SMILES string of the molecule is CCOC(OCC)[C@@]1(C)Oc2ccc([N+](=O)[O-])cc2[C@H](Nc2ccccc2O)[C@H]1O. The summed E-state index contributed by atoms with van der Waals surface area (Å²) in [6, 6.07) is 9.89. The number of para-hydroxylation sites is 2. The van der Waals surface area contributed by atoms with Crippen molar-refractivity contribution >= 4 is 11.4 Å². The van der Waals surface area contributed by atoms with E-state index in [-0.39, 0.29) is 11.4 Å². The molecule has 30 heavy (non-hydrogen) atoms. The molecule has 2 aromatic carbocycles. The highest BCUT2D eigenvalue weighted by molar-refractivity contribution is 5.59. The van der Waals surface area contributed by atoms with Crippen molar-refractivity contribution in [2.24, 2.45) is 0 Å². The van der Waals surface area contributed by atoms with Gasteiger partial charge in [0.2, 0.25) is 0 Å². The van der Waals surface area contributed by atoms with Gasteiger partial charge in [0.1, 0.15) is 17.6 Å². The Morgan fingerprint density at radius 1 is 1.23 bits per heavy atom. The second-order valence-corrected chi connectivity index (χ2v) is 7.09. The van der Waals surface area contributed by atoms with Gasteiger partial charge >= 0.3 is 0 Å². The van der Waals surface area contributed by atoms with Crippen LogP contribution in [-0.2, 0) is 9.47 Å². The lowest BCUT2D eigenvalue weighted by Gasteiger charge is -2.47. The number of non-ortho nitro benzene ring substituents is 1. The van der Waals surface area contributed by atoms with Crippen molar-refractivity contribution < 1.29 is 29.3 Å². The average Bonchev–Trinajstić information content (AvgIpc) is 2.72. The second kappa shape index (κ2) is 8.86. The Balaban J connectivity index is 2.10. The van der Waals surface area contributed by atoms with Crippen molar-refractivity contribution in [1.82, 2.24) is 0 Å². The number of phenols is 1. The number of phenolic OH excluding ortho intramolecular Hbond substituents is 1. The number of aliphatic hydroxyl groups excluding tert-OH is 1. The number of anilines is 1. The van der Waals surface area contributed by atoms with Gasteiger partial charge in [-0.15, -0.1) is 0 Å². The summed E-state index contributed by atoms with van der Waals surface area (Å²) in [5.41, 5.74) is -0.697. The molecule has 2 aromatic rings. The molecule has 3 atom stereocenters. The molecule has 1 heterocycles. The molecule has 1 aliphatic heterocycles. The van der Waals surface area contributed by atoms with E-state index >= 15 is 0 Å². The fraction of sp³-hybridized carbons (Fsp3) is 0.429. The number of nitrogens with zero attached hydrogens (tertiary/aromatic N) is 1. The van der Waals surface area contributed by atoms with Crippen LogP contribution in [0.5, 0.6) is 11.5 Å². The Morgan fingerprint density at radius 2 is 1.90 bits per heavy atom. The summed E-state index contributed by atoms with van der Waals surface area (Å²) in [4.78, 5) is 10.8. The third kappa shape index (κ3) is 4.04. The van der Waals surface area contributed by atoms with E-state index in [1.807, 2.05) is 0 Å². The summed E-state index contributed by atoms with van der Waals surface area (Å²) < 4.78 is 17.5. The molecule has 1 aliphatic rings. The van der Waals surface area contributed by atoms with Crippen LogP contribution in [0.2, 0.25) is 0 Å². The van der Waals surface area contributed by atoms with Crippen molar-refractivity contribution in [3.8, 4) is 11.5 Å². The predicted octanol–water partition coefficient (Wildman–Crippen LogP) is 3.36. The zero-order valence-electron chi connectivity index (χ0n) is 17.1. The third-order valence-electron chi connectivity index (χ3n) is 5.09. The highest BCUT2D eigenvalue weighted by Gasteiger charge is 2.53. The Labute approximate surface area is 174 Å². The lowest BCUT2D eigenvalue weighted by Crippen LogP contribution is -2.61. The fourth-order valence-corrected chi connectivity index (χ4v) is 3.57. The third-order valence-corrected chi connectivity index (χ3v) is 5.09. The quantitative estimate of drug-likeness (QED) is 0.258. The Bertz CT molecular complexity index is 901. The summed E-state index contributed by atoms with van der Waals surface area (Å²) in [6.07, 6.45) is -2.12. The summed E-state index contributed by atoms with van der Waals surface area (Å²) in [7, 11) is 0. The van der Waals surface area contributed by atoms with E-state index in [1.54, 1.807) is 39.0 Å². The van der Waals surface area contributed by atoms with Crippen LogP contribution in [-0.4, -0.2) is 46.3 Å². The molecule has 162 valence electrons. The molecule has 9 nitrogen and oxygen atoms in total. The first-order chi connectivity index (χ1) is 14.3. The number of hydrogen-bond acceptors (Lipinski definition) is 8. The number of ether oxygens (including phenoxy) is 3. The highest BCUT2D eigenvalue weighted by Crippen LogP contribution is 2.45. The van der Waals surface area contributed by atoms with Gasteiger partial charge in [-0.3, -0.25) is 10.1 Å². The molecule has 0 amide bonds. The lowest BCUT2D eigenvalue weighted by atomic mass is 9.84. The van der Waals surface area contributed by atoms with Crippen LogP contribution < -0.4 is 10.1 Å². The Kier molecular flexibility index (Phi) is 6.45. The molecule has 0 bridgehead atoms. The lowest BCUT2D eigenvalue weighted by molar-refractivity contribution is -0.385. The minimum atomic E-state index is -1.32. The molecule has 0 spiro atoms. The van der Waals surface area contributed by atoms with Gasteiger partial charge in [0.15, 0.2) is 11.9 Å². The van der Waals surface area contributed by atoms with Crippen molar-refractivity contribution in [1.29, 1.82) is 0 Å². The van der Waals surface area contributed by atoms with Gasteiger partial charge in [0, 0.05) is 30.9 Å². The zero-order valence-corrected chi connectivity index (χ0v) is 17.1. The van der Waals surface area contributed by atoms with Crippen molar-refractivity contribution in [3.05, 3.63) is 58.1 Å². The minimum absolute atomic E-state index is 0.0176. The van der Waals surface area contributed by atoms with Gasteiger partial charge in [-0.1, -0.05) is 12.1 Å². The average molecular weight is 418 g/mol. The van der Waals surface area contributed by atoms with Crippen LogP contribution in [0.3, 0.4) is 0 Å². The van der Waals surface area contributed by atoms with E-state index in [0.29, 0.717) is 30.2 Å². The largest absolute Gasteiger partial charge is 0.506 e. The van der Waals surface area contributed by atoms with Gasteiger partial charge < -0.3 is 29.7 Å².